The van der Waals surface area contributed by atoms with E-state index in [9.17, 15) is 19.8 Å². The molecule has 0 heterocycles. The largest absolute Gasteiger partial charge is 0.481 e. The summed E-state index contributed by atoms with van der Waals surface area (Å²) in [4.78, 5) is 23.7. The number of fused-ring (bicyclic) bond motifs is 5. The molecule has 0 bridgehead atoms. The number of ketones is 1. The molecule has 3 fully saturated rings. The molecule has 4 aliphatic rings. The van der Waals surface area contributed by atoms with E-state index >= 15 is 8.78 Å². The van der Waals surface area contributed by atoms with E-state index in [-0.39, 0.29) is 36.0 Å². The maximum atomic E-state index is 16.7. The second kappa shape index (κ2) is 5.49. The summed E-state index contributed by atoms with van der Waals surface area (Å²) in [5.41, 5.74) is -4.22. The van der Waals surface area contributed by atoms with E-state index in [2.05, 4.69) is 0 Å². The Kier molecular flexibility index (Phi) is 3.82. The number of rotatable bonds is 1. The highest BCUT2D eigenvalue weighted by Crippen LogP contribution is 2.69. The Morgan fingerprint density at radius 3 is 2.56 bits per heavy atom. The smallest absolute Gasteiger partial charge is 0.307 e. The van der Waals surface area contributed by atoms with E-state index in [1.54, 1.807) is 6.92 Å². The van der Waals surface area contributed by atoms with Crippen molar-refractivity contribution in [3.8, 4) is 0 Å². The van der Waals surface area contributed by atoms with Gasteiger partial charge in [0, 0.05) is 11.3 Å². The van der Waals surface area contributed by atoms with E-state index in [0.717, 1.165) is 0 Å². The molecule has 3 saturated carbocycles. The fraction of sp³-hybridized carbons (Fsp3) is 0.714. The fourth-order valence-electron chi connectivity index (χ4n) is 7.10. The molecular formula is C21H26F2O4. The third-order valence-electron chi connectivity index (χ3n) is 8.23. The summed E-state index contributed by atoms with van der Waals surface area (Å²) in [7, 11) is 0. The van der Waals surface area contributed by atoms with Gasteiger partial charge in [-0.2, -0.15) is 0 Å². The summed E-state index contributed by atoms with van der Waals surface area (Å²) >= 11 is 0. The molecule has 4 rings (SSSR count). The van der Waals surface area contributed by atoms with E-state index in [0.29, 0.717) is 6.42 Å². The lowest BCUT2D eigenvalue weighted by Crippen LogP contribution is -2.68. The number of aliphatic hydroxyl groups is 1. The zero-order chi connectivity index (χ0) is 19.9. The van der Waals surface area contributed by atoms with Crippen molar-refractivity contribution in [2.75, 3.05) is 0 Å². The van der Waals surface area contributed by atoms with Crippen LogP contribution >= 0.6 is 0 Å². The van der Waals surface area contributed by atoms with Gasteiger partial charge in [0.15, 0.2) is 11.5 Å². The van der Waals surface area contributed by atoms with Gasteiger partial charge in [-0.05, 0) is 61.2 Å². The van der Waals surface area contributed by atoms with Gasteiger partial charge in [0.05, 0.1) is 12.0 Å². The average molecular weight is 380 g/mol. The Morgan fingerprint density at radius 1 is 1.26 bits per heavy atom. The molecule has 9 atom stereocenters. The summed E-state index contributed by atoms with van der Waals surface area (Å²) in [6, 6.07) is 0. The Labute approximate surface area is 157 Å². The number of alkyl halides is 2. The van der Waals surface area contributed by atoms with Crippen LogP contribution in [0, 0.1) is 34.5 Å². The summed E-state index contributed by atoms with van der Waals surface area (Å²) in [5, 5.41) is 20.7. The summed E-state index contributed by atoms with van der Waals surface area (Å²) in [6.07, 6.45) is 1.31. The number of allylic oxidation sites excluding steroid dienone is 4. The molecule has 4 nitrogen and oxygen atoms in total. The van der Waals surface area contributed by atoms with Crippen molar-refractivity contribution in [2.24, 2.45) is 34.5 Å². The lowest BCUT2D eigenvalue weighted by atomic mass is 9.45. The lowest BCUT2D eigenvalue weighted by molar-refractivity contribution is -0.204. The van der Waals surface area contributed by atoms with Gasteiger partial charge in [-0.3, -0.25) is 9.59 Å². The highest BCUT2D eigenvalue weighted by molar-refractivity contribution is 6.01. The summed E-state index contributed by atoms with van der Waals surface area (Å²) < 4.78 is 31.8. The number of aliphatic carboxylic acids is 1. The van der Waals surface area contributed by atoms with Crippen LogP contribution in [0.1, 0.15) is 40.0 Å². The first-order valence-corrected chi connectivity index (χ1v) is 9.66. The van der Waals surface area contributed by atoms with E-state index in [4.69, 9.17) is 0 Å². The molecule has 0 saturated heterocycles. The molecular weight excluding hydrogens is 354 g/mol. The number of carboxylic acids is 1. The van der Waals surface area contributed by atoms with Gasteiger partial charge in [-0.25, -0.2) is 8.78 Å². The van der Waals surface area contributed by atoms with Crippen molar-refractivity contribution in [3.05, 3.63) is 23.8 Å². The second-order valence-corrected chi connectivity index (χ2v) is 9.48. The molecule has 0 unspecified atom stereocenters. The van der Waals surface area contributed by atoms with Crippen molar-refractivity contribution >= 4 is 11.8 Å². The van der Waals surface area contributed by atoms with Crippen molar-refractivity contribution in [2.45, 2.75) is 58.0 Å². The molecule has 4 aliphatic carbocycles. The van der Waals surface area contributed by atoms with Crippen LogP contribution in [0.3, 0.4) is 0 Å². The van der Waals surface area contributed by atoms with Crippen molar-refractivity contribution < 1.29 is 28.6 Å². The Bertz CT molecular complexity index is 776. The molecule has 6 heteroatoms. The highest BCUT2D eigenvalue weighted by atomic mass is 19.1. The number of carbonyl (C=O) groups excluding carboxylic acids is 1. The van der Waals surface area contributed by atoms with E-state index in [1.807, 2.05) is 13.8 Å². The number of aliphatic hydroxyl groups excluding tert-OH is 1. The molecule has 0 aliphatic heterocycles. The van der Waals surface area contributed by atoms with Crippen LogP contribution in [-0.2, 0) is 9.59 Å². The molecule has 148 valence electrons. The first-order chi connectivity index (χ1) is 12.5. The zero-order valence-corrected chi connectivity index (χ0v) is 15.8. The molecule has 0 aromatic rings. The van der Waals surface area contributed by atoms with Gasteiger partial charge in [0.1, 0.15) is 6.17 Å². The predicted molar refractivity (Wildman–Crippen MR) is 94.3 cm³/mol. The first-order valence-electron chi connectivity index (χ1n) is 9.66. The van der Waals surface area contributed by atoms with Crippen LogP contribution in [-0.4, -0.2) is 39.9 Å². The SMILES string of the molecule is C[C@@H]1C[C@H]2[C@@H]3C[C@H](F)C4=CC(=O)C=C[C@]4(C)[C@@]3(F)[C@@H](O)C[C@]2(C)[C@H]1C(=O)O. The molecule has 2 N–H and O–H groups in total. The van der Waals surface area contributed by atoms with Crippen LogP contribution in [0.5, 0.6) is 0 Å². The minimum Gasteiger partial charge on any atom is -0.481 e. The average Bonchev–Trinajstić information content (AvgIpc) is 2.82. The molecule has 0 radical (unpaired) electrons. The Morgan fingerprint density at radius 2 is 1.93 bits per heavy atom. The van der Waals surface area contributed by atoms with Gasteiger partial charge < -0.3 is 10.2 Å². The third-order valence-corrected chi connectivity index (χ3v) is 8.23. The second-order valence-electron chi connectivity index (χ2n) is 9.48. The quantitative estimate of drug-likeness (QED) is 0.732. The van der Waals surface area contributed by atoms with Gasteiger partial charge in [0.25, 0.3) is 0 Å². The topological polar surface area (TPSA) is 74.6 Å². The monoisotopic (exact) mass is 380 g/mol. The van der Waals surface area contributed by atoms with E-state index in [1.165, 1.54) is 18.2 Å². The van der Waals surface area contributed by atoms with Crippen molar-refractivity contribution in [3.63, 3.8) is 0 Å². The predicted octanol–water partition coefficient (Wildman–Crippen LogP) is 3.25. The van der Waals surface area contributed by atoms with Crippen LogP contribution in [0.4, 0.5) is 8.78 Å². The zero-order valence-electron chi connectivity index (χ0n) is 15.8. The number of hydrogen-bond donors (Lipinski definition) is 2. The van der Waals surface area contributed by atoms with Gasteiger partial charge in [-0.15, -0.1) is 0 Å². The Hall–Kier alpha value is -1.56. The van der Waals surface area contributed by atoms with Crippen molar-refractivity contribution in [1.82, 2.24) is 0 Å². The standard InChI is InChI=1S/C21H26F2O4/c1-10-6-12-13-8-15(22)14-7-11(24)4-5-20(14,3)21(13,23)16(25)9-19(12,2)17(10)18(26)27/h4-5,7,10,12-13,15-17,25H,6,8-9H2,1-3H3,(H,26,27)/t10-,12+,13+,15+,16+,17-,19+,20+,21+/m1/s1. The minimum atomic E-state index is -2.13. The van der Waals surface area contributed by atoms with E-state index < -0.39 is 46.6 Å². The van der Waals surface area contributed by atoms with Gasteiger partial charge in [0.2, 0.25) is 0 Å². The molecule has 0 spiro atoms. The maximum absolute atomic E-state index is 16.7. The van der Waals surface area contributed by atoms with Crippen LogP contribution in [0.2, 0.25) is 0 Å². The third kappa shape index (κ3) is 2.11. The van der Waals surface area contributed by atoms with Crippen molar-refractivity contribution in [1.29, 1.82) is 0 Å². The van der Waals surface area contributed by atoms with Gasteiger partial charge >= 0.3 is 5.97 Å². The first kappa shape index (κ1) is 18.8. The molecule has 27 heavy (non-hydrogen) atoms. The van der Waals surface area contributed by atoms with Crippen LogP contribution in [0.15, 0.2) is 23.8 Å². The summed E-state index contributed by atoms with van der Waals surface area (Å²) in [6.45, 7) is 5.21. The molecule has 0 aromatic carbocycles. The lowest BCUT2D eigenvalue weighted by Gasteiger charge is -2.62. The fourth-order valence-corrected chi connectivity index (χ4v) is 7.10. The maximum Gasteiger partial charge on any atom is 0.307 e. The number of halogens is 2. The number of hydrogen-bond acceptors (Lipinski definition) is 3. The van der Waals surface area contributed by atoms with Crippen LogP contribution < -0.4 is 0 Å². The Balaban J connectivity index is 1.86. The van der Waals surface area contributed by atoms with Crippen LogP contribution in [0.25, 0.3) is 0 Å². The minimum absolute atomic E-state index is 0.0214. The molecule has 0 amide bonds. The highest BCUT2D eigenvalue weighted by Gasteiger charge is 2.73. The molecule has 0 aromatic heterocycles. The number of carboxylic acid groups (broad SMARTS) is 1. The summed E-state index contributed by atoms with van der Waals surface area (Å²) in [5.74, 6) is -3.29. The normalized spacial score (nSPS) is 54.0. The van der Waals surface area contributed by atoms with Gasteiger partial charge in [-0.1, -0.05) is 19.9 Å². The number of carbonyl (C=O) groups is 2.